The molecule has 0 amide bonds. The molecule has 0 atom stereocenters. The molecule has 0 saturated carbocycles. The molecule has 0 unspecified atom stereocenters. The summed E-state index contributed by atoms with van der Waals surface area (Å²) < 4.78 is 0. The molecule has 0 radical (unpaired) electrons. The molecule has 0 aliphatic carbocycles. The van der Waals surface area contributed by atoms with E-state index in [9.17, 15) is 4.79 Å². The van der Waals surface area contributed by atoms with Crippen LogP contribution in [0.4, 0.5) is 0 Å². The lowest BCUT2D eigenvalue weighted by Gasteiger charge is -2.00. The quantitative estimate of drug-likeness (QED) is 0.227. The summed E-state index contributed by atoms with van der Waals surface area (Å²) in [4.78, 5) is 10.2. The molecule has 0 aromatic heterocycles. The number of rotatable bonds is 12. The highest BCUT2D eigenvalue weighted by atomic mass is 16.4. The van der Waals surface area contributed by atoms with Crippen LogP contribution >= 0.6 is 0 Å². The van der Waals surface area contributed by atoms with Gasteiger partial charge in [0.15, 0.2) is 0 Å². The van der Waals surface area contributed by atoms with Gasteiger partial charge in [0.25, 0.3) is 0 Å². The molecule has 0 saturated heterocycles. The highest BCUT2D eigenvalue weighted by Gasteiger charge is 1.93. The van der Waals surface area contributed by atoms with E-state index in [1.54, 1.807) is 0 Å². The minimum atomic E-state index is -1.12. The lowest BCUT2D eigenvalue weighted by molar-refractivity contribution is -0.131. The Hall–Kier alpha value is -1.25. The predicted molar refractivity (Wildman–Crippen MR) is 79.3 cm³/mol. The van der Waals surface area contributed by atoms with Gasteiger partial charge in [-0.1, -0.05) is 64.4 Å². The van der Waals surface area contributed by atoms with Crippen molar-refractivity contribution in [2.75, 3.05) is 0 Å². The summed E-state index contributed by atoms with van der Waals surface area (Å²) in [5.74, 6) is -1.31. The number of hydrogen-bond acceptors (Lipinski definition) is 2. The van der Waals surface area contributed by atoms with Crippen LogP contribution in [0.15, 0.2) is 24.0 Å². The maximum atomic E-state index is 10.2. The third-order valence-corrected chi connectivity index (χ3v) is 3.03. The van der Waals surface area contributed by atoms with Crippen LogP contribution < -0.4 is 0 Å². The number of allylic oxidation sites excluding steroid dienone is 2. The summed E-state index contributed by atoms with van der Waals surface area (Å²) in [6.45, 7) is 2.23. The average Bonchev–Trinajstić information content (AvgIpc) is 2.35. The molecule has 0 bridgehead atoms. The van der Waals surface area contributed by atoms with Crippen molar-refractivity contribution in [1.82, 2.24) is 0 Å². The zero-order valence-electron chi connectivity index (χ0n) is 12.1. The van der Waals surface area contributed by atoms with Gasteiger partial charge in [-0.15, -0.1) is 0 Å². The van der Waals surface area contributed by atoms with Crippen molar-refractivity contribution in [2.24, 2.45) is 0 Å². The third kappa shape index (κ3) is 14.7. The molecule has 0 fully saturated rings. The minimum Gasteiger partial charge on any atom is -0.508 e. The fourth-order valence-electron chi connectivity index (χ4n) is 1.95. The zero-order valence-corrected chi connectivity index (χ0v) is 12.1. The van der Waals surface area contributed by atoms with E-state index in [1.807, 2.05) is 6.08 Å². The van der Waals surface area contributed by atoms with Crippen LogP contribution in [0.1, 0.15) is 71.1 Å². The minimum absolute atomic E-state index is 0.191. The first kappa shape index (κ1) is 17.8. The van der Waals surface area contributed by atoms with Crippen LogP contribution in [0, 0.1) is 0 Å². The Kier molecular flexibility index (Phi) is 12.3. The summed E-state index contributed by atoms with van der Waals surface area (Å²) in [5.41, 5.74) is 0. The van der Waals surface area contributed by atoms with Gasteiger partial charge in [0, 0.05) is 0 Å². The predicted octanol–water partition coefficient (Wildman–Crippen LogP) is 4.99. The van der Waals surface area contributed by atoms with Crippen LogP contribution in [0.2, 0.25) is 0 Å². The van der Waals surface area contributed by atoms with E-state index >= 15 is 0 Å². The van der Waals surface area contributed by atoms with E-state index in [0.717, 1.165) is 18.9 Å². The maximum Gasteiger partial charge on any atom is 0.332 e. The second kappa shape index (κ2) is 13.2. The largest absolute Gasteiger partial charge is 0.508 e. The van der Waals surface area contributed by atoms with Crippen molar-refractivity contribution in [1.29, 1.82) is 0 Å². The van der Waals surface area contributed by atoms with E-state index in [2.05, 4.69) is 6.92 Å². The van der Waals surface area contributed by atoms with Gasteiger partial charge >= 0.3 is 5.97 Å². The van der Waals surface area contributed by atoms with Gasteiger partial charge in [0.2, 0.25) is 0 Å². The number of aliphatic carboxylic acids is 1. The summed E-state index contributed by atoms with van der Waals surface area (Å²) in [7, 11) is 0. The van der Waals surface area contributed by atoms with Crippen molar-refractivity contribution in [2.45, 2.75) is 71.1 Å². The Morgan fingerprint density at radius 2 is 1.42 bits per heavy atom. The number of hydrogen-bond donors (Lipinski definition) is 2. The molecule has 0 rings (SSSR count). The average molecular weight is 268 g/mol. The van der Waals surface area contributed by atoms with E-state index in [0.29, 0.717) is 0 Å². The van der Waals surface area contributed by atoms with E-state index in [4.69, 9.17) is 10.2 Å². The first-order valence-electron chi connectivity index (χ1n) is 7.47. The number of aliphatic hydroxyl groups is 1. The Labute approximate surface area is 117 Å². The lowest BCUT2D eigenvalue weighted by atomic mass is 10.1. The van der Waals surface area contributed by atoms with Crippen LogP contribution in [0.3, 0.4) is 0 Å². The molecule has 19 heavy (non-hydrogen) atoms. The van der Waals surface area contributed by atoms with Gasteiger partial charge in [-0.3, -0.25) is 0 Å². The summed E-state index contributed by atoms with van der Waals surface area (Å²) in [6, 6.07) is 0. The molecular weight excluding hydrogens is 240 g/mol. The van der Waals surface area contributed by atoms with Crippen LogP contribution in [-0.2, 0) is 4.79 Å². The zero-order chi connectivity index (χ0) is 14.3. The van der Waals surface area contributed by atoms with Crippen molar-refractivity contribution < 1.29 is 15.0 Å². The molecule has 2 N–H and O–H groups in total. The summed E-state index contributed by atoms with van der Waals surface area (Å²) in [5, 5.41) is 17.5. The number of unbranched alkanes of at least 4 members (excludes halogenated alkanes) is 9. The molecule has 110 valence electrons. The van der Waals surface area contributed by atoms with Gasteiger partial charge in [-0.2, -0.15) is 0 Å². The molecule has 0 spiro atoms. The molecule has 0 aromatic carbocycles. The summed E-state index contributed by atoms with van der Waals surface area (Å²) in [6.07, 6.45) is 16.6. The van der Waals surface area contributed by atoms with Crippen LogP contribution in [-0.4, -0.2) is 16.2 Å². The molecule has 0 aliphatic rings. The SMILES string of the molecule is CCCCCCCCCCCC=CC(O)=CC(=O)O. The standard InChI is InChI=1S/C16H28O3/c1-2-3-4-5-6-7-8-9-10-11-12-13-15(17)14-16(18)19/h12-14,17H,2-11H2,1H3,(H,18,19). The fraction of sp³-hybridized carbons (Fsp3) is 0.688. The van der Waals surface area contributed by atoms with Crippen molar-refractivity contribution in [3.63, 3.8) is 0 Å². The Morgan fingerprint density at radius 3 is 1.95 bits per heavy atom. The smallest absolute Gasteiger partial charge is 0.332 e. The second-order valence-electron chi connectivity index (χ2n) is 4.93. The van der Waals surface area contributed by atoms with Gasteiger partial charge in [-0.25, -0.2) is 4.79 Å². The van der Waals surface area contributed by atoms with E-state index in [1.165, 1.54) is 57.4 Å². The Morgan fingerprint density at radius 1 is 0.895 bits per heavy atom. The first-order valence-corrected chi connectivity index (χ1v) is 7.47. The van der Waals surface area contributed by atoms with Crippen LogP contribution in [0.25, 0.3) is 0 Å². The molecular formula is C16H28O3. The maximum absolute atomic E-state index is 10.2. The Balaban J connectivity index is 3.31. The number of carbonyl (C=O) groups is 1. The highest BCUT2D eigenvalue weighted by molar-refractivity contribution is 5.80. The van der Waals surface area contributed by atoms with Crippen molar-refractivity contribution >= 4 is 5.97 Å². The number of carboxylic acids is 1. The third-order valence-electron chi connectivity index (χ3n) is 3.03. The molecule has 0 aliphatic heterocycles. The molecule has 0 heterocycles. The monoisotopic (exact) mass is 268 g/mol. The second-order valence-corrected chi connectivity index (χ2v) is 4.93. The van der Waals surface area contributed by atoms with Crippen molar-refractivity contribution in [3.8, 4) is 0 Å². The van der Waals surface area contributed by atoms with E-state index in [-0.39, 0.29) is 5.76 Å². The van der Waals surface area contributed by atoms with Gasteiger partial charge in [0.1, 0.15) is 5.76 Å². The topological polar surface area (TPSA) is 57.5 Å². The van der Waals surface area contributed by atoms with Gasteiger partial charge in [0.05, 0.1) is 6.08 Å². The van der Waals surface area contributed by atoms with Gasteiger partial charge < -0.3 is 10.2 Å². The summed E-state index contributed by atoms with van der Waals surface area (Å²) >= 11 is 0. The molecule has 3 nitrogen and oxygen atoms in total. The fourth-order valence-corrected chi connectivity index (χ4v) is 1.95. The molecule has 3 heteroatoms. The highest BCUT2D eigenvalue weighted by Crippen LogP contribution is 2.10. The lowest BCUT2D eigenvalue weighted by Crippen LogP contribution is -1.89. The molecule has 0 aromatic rings. The normalized spacial score (nSPS) is 12.2. The Bertz CT molecular complexity index is 280. The van der Waals surface area contributed by atoms with Gasteiger partial charge in [-0.05, 0) is 18.9 Å². The first-order chi connectivity index (χ1) is 9.16. The van der Waals surface area contributed by atoms with Crippen LogP contribution in [0.5, 0.6) is 0 Å². The number of carboxylic acid groups (broad SMARTS) is 1. The number of aliphatic hydroxyl groups excluding tert-OH is 1. The van der Waals surface area contributed by atoms with Crippen molar-refractivity contribution in [3.05, 3.63) is 24.0 Å². The van der Waals surface area contributed by atoms with E-state index < -0.39 is 5.97 Å².